The van der Waals surface area contributed by atoms with Crippen molar-refractivity contribution in [1.29, 1.82) is 0 Å². The van der Waals surface area contributed by atoms with E-state index in [2.05, 4.69) is 27.7 Å². The van der Waals surface area contributed by atoms with Crippen LogP contribution in [0.1, 0.15) is 123 Å². The van der Waals surface area contributed by atoms with E-state index in [0.29, 0.717) is 6.42 Å². The molecule has 0 aromatic heterocycles. The minimum Gasteiger partial charge on any atom is -0.481 e. The summed E-state index contributed by atoms with van der Waals surface area (Å²) in [5, 5.41) is 28.1. The number of unbranched alkanes of at least 4 members (excludes halogenated alkanes) is 11. The van der Waals surface area contributed by atoms with Crippen LogP contribution >= 0.6 is 0 Å². The highest BCUT2D eigenvalue weighted by molar-refractivity contribution is 7.90. The molecule has 7 nitrogen and oxygen atoms in total. The third-order valence-corrected chi connectivity index (χ3v) is 8.92. The zero-order chi connectivity index (χ0) is 27.2. The highest BCUT2D eigenvalue weighted by Gasteiger charge is 2.33. The van der Waals surface area contributed by atoms with Gasteiger partial charge in [0.25, 0.3) is 0 Å². The second kappa shape index (κ2) is 16.4. The number of aliphatic carboxylic acids is 1. The largest absolute Gasteiger partial charge is 0.566 e. The van der Waals surface area contributed by atoms with Crippen LogP contribution in [0, 0.1) is 5.41 Å². The number of rotatable bonds is 19. The quantitative estimate of drug-likeness (QED) is 0.152. The molecule has 0 bridgehead atoms. The topological polar surface area (TPSA) is 115 Å². The Morgan fingerprint density at radius 1 is 0.833 bits per heavy atom. The van der Waals surface area contributed by atoms with Crippen LogP contribution in [0.5, 0.6) is 0 Å². The van der Waals surface area contributed by atoms with Crippen molar-refractivity contribution < 1.29 is 28.4 Å². The number of nitrogens with zero attached hydrogens (tertiary/aromatic N) is 1. The fourth-order valence-electron chi connectivity index (χ4n) is 4.24. The van der Waals surface area contributed by atoms with Gasteiger partial charge >= 0.3 is 13.2 Å². The van der Waals surface area contributed by atoms with Gasteiger partial charge in [-0.3, -0.25) is 4.79 Å². The van der Waals surface area contributed by atoms with Crippen LogP contribution in [0.3, 0.4) is 0 Å². The van der Waals surface area contributed by atoms with Gasteiger partial charge in [-0.25, -0.2) is 8.42 Å². The van der Waals surface area contributed by atoms with Gasteiger partial charge in [0, 0.05) is 13.0 Å². The summed E-state index contributed by atoms with van der Waals surface area (Å²) in [6.45, 7) is 8.61. The summed E-state index contributed by atoms with van der Waals surface area (Å²) in [5.41, 5.74) is 1.10. The lowest BCUT2D eigenvalue weighted by Gasteiger charge is -2.28. The maximum Gasteiger partial charge on any atom is 0.566 e. The number of hydrogen-bond acceptors (Lipinski definition) is 5. The van der Waals surface area contributed by atoms with Gasteiger partial charge in [0.1, 0.15) is 0 Å². The van der Waals surface area contributed by atoms with Crippen molar-refractivity contribution in [2.24, 2.45) is 5.41 Å². The summed E-state index contributed by atoms with van der Waals surface area (Å²) in [6.07, 6.45) is 12.5. The molecule has 0 aliphatic carbocycles. The number of carboxylic acid groups (broad SMARTS) is 1. The molecule has 0 radical (unpaired) electrons. The van der Waals surface area contributed by atoms with Gasteiger partial charge in [-0.2, -0.15) is 4.22 Å². The van der Waals surface area contributed by atoms with E-state index in [1.54, 1.807) is 12.1 Å². The minimum atomic E-state index is -3.99. The second-order valence-corrected chi connectivity index (χ2v) is 12.9. The first kappa shape index (κ1) is 32.6. The molecule has 36 heavy (non-hydrogen) atoms. The average molecular weight is 526 g/mol. The van der Waals surface area contributed by atoms with Gasteiger partial charge in [0.2, 0.25) is 10.0 Å². The molecule has 1 aromatic rings. The predicted octanol–water partition coefficient (Wildman–Crippen LogP) is 5.95. The molecule has 0 saturated heterocycles. The number of hydrogen-bond donors (Lipinski definition) is 3. The maximum atomic E-state index is 13.0. The lowest BCUT2D eigenvalue weighted by Crippen LogP contribution is -2.44. The van der Waals surface area contributed by atoms with Gasteiger partial charge < -0.3 is 15.2 Å². The molecule has 1 atom stereocenters. The predicted molar refractivity (Wildman–Crippen MR) is 146 cm³/mol. The van der Waals surface area contributed by atoms with E-state index < -0.39 is 23.2 Å². The minimum absolute atomic E-state index is 0.0538. The molecule has 1 aromatic carbocycles. The number of benzene rings is 1. The Hall–Kier alpha value is -1.42. The molecule has 0 fully saturated rings. The van der Waals surface area contributed by atoms with Crippen LogP contribution < -0.4 is 0 Å². The van der Waals surface area contributed by atoms with E-state index in [1.165, 1.54) is 19.3 Å². The van der Waals surface area contributed by atoms with Crippen molar-refractivity contribution in [2.75, 3.05) is 6.54 Å². The van der Waals surface area contributed by atoms with E-state index in [-0.39, 0.29) is 29.2 Å². The number of carbonyl (C=O) groups is 1. The van der Waals surface area contributed by atoms with E-state index in [4.69, 9.17) is 5.11 Å². The van der Waals surface area contributed by atoms with Crippen molar-refractivity contribution >= 4 is 23.2 Å². The first-order chi connectivity index (χ1) is 16.9. The van der Waals surface area contributed by atoms with Crippen molar-refractivity contribution in [3.05, 3.63) is 29.8 Å². The molecule has 206 valence electrons. The zero-order valence-corrected chi connectivity index (χ0v) is 23.6. The third kappa shape index (κ3) is 12.2. The van der Waals surface area contributed by atoms with Crippen LogP contribution in [0.15, 0.2) is 29.2 Å². The van der Waals surface area contributed by atoms with Gasteiger partial charge in [0.05, 0.1) is 4.90 Å². The monoisotopic (exact) mass is 525 g/mol. The summed E-state index contributed by atoms with van der Waals surface area (Å²) in [6, 6.07) is 6.73. The lowest BCUT2D eigenvalue weighted by atomic mass is 9.78. The second-order valence-electron chi connectivity index (χ2n) is 11.0. The molecular weight excluding hydrogens is 477 g/mol. The van der Waals surface area contributed by atoms with Gasteiger partial charge in [0.15, 0.2) is 0 Å². The summed E-state index contributed by atoms with van der Waals surface area (Å²) in [5.74, 6) is -0.461. The summed E-state index contributed by atoms with van der Waals surface area (Å²) >= 11 is 0. The fraction of sp³-hybridized carbons (Fsp3) is 0.741. The standard InChI is InChI=1S/C27H48BNO6S/c1-23(27(2,3)4)24-18-20-25(21-19-24)36(34,35)29(28(32)33)22-16-14-12-10-8-6-5-7-9-11-13-15-17-26(30)31/h18-21,23,32-33H,5-17,22H2,1-4H3,(H,30,31). The van der Waals surface area contributed by atoms with Gasteiger partial charge in [-0.05, 0) is 41.9 Å². The number of carboxylic acids is 1. The van der Waals surface area contributed by atoms with E-state index in [9.17, 15) is 23.3 Å². The molecule has 0 spiro atoms. The molecular formula is C27H48BNO6S. The Bertz CT molecular complexity index is 852. The Morgan fingerprint density at radius 2 is 1.25 bits per heavy atom. The van der Waals surface area contributed by atoms with E-state index in [0.717, 1.165) is 61.1 Å². The van der Waals surface area contributed by atoms with Crippen molar-refractivity contribution in [2.45, 2.75) is 122 Å². The third-order valence-electron chi connectivity index (χ3n) is 7.06. The van der Waals surface area contributed by atoms with Crippen LogP contribution in [-0.2, 0) is 14.8 Å². The summed E-state index contributed by atoms with van der Waals surface area (Å²) in [7, 11) is -6.06. The molecule has 0 amide bonds. The van der Waals surface area contributed by atoms with Crippen molar-refractivity contribution in [3.63, 3.8) is 0 Å². The SMILES string of the molecule is CC(c1ccc(S(=O)(=O)N(CCCCCCCCCCCCCCC(=O)O)B(O)O)cc1)C(C)(C)C. The van der Waals surface area contributed by atoms with Crippen LogP contribution in [-0.4, -0.2) is 47.6 Å². The van der Waals surface area contributed by atoms with Crippen LogP contribution in [0.25, 0.3) is 0 Å². The average Bonchev–Trinajstić information content (AvgIpc) is 2.80. The number of sulfonamides is 1. The van der Waals surface area contributed by atoms with Crippen LogP contribution in [0.4, 0.5) is 0 Å². The van der Waals surface area contributed by atoms with E-state index >= 15 is 0 Å². The fourth-order valence-corrected chi connectivity index (χ4v) is 5.60. The summed E-state index contributed by atoms with van der Waals surface area (Å²) in [4.78, 5) is 10.5. The molecule has 3 N–H and O–H groups in total. The first-order valence-electron chi connectivity index (χ1n) is 13.6. The smallest absolute Gasteiger partial charge is 0.481 e. The maximum absolute atomic E-state index is 13.0. The molecule has 0 aliphatic heterocycles. The molecule has 1 rings (SSSR count). The molecule has 0 saturated carbocycles. The molecule has 0 aliphatic rings. The van der Waals surface area contributed by atoms with Gasteiger partial charge in [-0.15, -0.1) is 0 Å². The lowest BCUT2D eigenvalue weighted by molar-refractivity contribution is -0.137. The van der Waals surface area contributed by atoms with Gasteiger partial charge in [-0.1, -0.05) is 104 Å². The molecule has 0 heterocycles. The van der Waals surface area contributed by atoms with Crippen molar-refractivity contribution in [1.82, 2.24) is 4.22 Å². The molecule has 1 unspecified atom stereocenters. The van der Waals surface area contributed by atoms with Crippen LogP contribution in [0.2, 0.25) is 0 Å². The highest BCUT2D eigenvalue weighted by atomic mass is 32.2. The normalized spacial score (nSPS) is 13.2. The summed E-state index contributed by atoms with van der Waals surface area (Å²) < 4.78 is 26.8. The highest BCUT2D eigenvalue weighted by Crippen LogP contribution is 2.34. The Kier molecular flexibility index (Phi) is 14.9. The van der Waals surface area contributed by atoms with E-state index in [1.807, 2.05) is 12.1 Å². The Labute approximate surface area is 219 Å². The Balaban J connectivity index is 2.33. The Morgan fingerprint density at radius 3 is 1.64 bits per heavy atom. The first-order valence-corrected chi connectivity index (χ1v) is 15.0. The molecule has 9 heteroatoms. The zero-order valence-electron chi connectivity index (χ0n) is 22.8. The van der Waals surface area contributed by atoms with Crippen molar-refractivity contribution in [3.8, 4) is 0 Å².